The Hall–Kier alpha value is -2.69. The molecule has 3 nitrogen and oxygen atoms in total. The molecule has 0 bridgehead atoms. The van der Waals surface area contributed by atoms with Gasteiger partial charge in [0.25, 0.3) is 0 Å². The van der Waals surface area contributed by atoms with Crippen LogP contribution in [0, 0.1) is 0 Å². The van der Waals surface area contributed by atoms with E-state index in [4.69, 9.17) is 5.11 Å². The molecule has 2 aromatic carbocycles. The van der Waals surface area contributed by atoms with E-state index in [2.05, 4.69) is 4.74 Å². The predicted molar refractivity (Wildman–Crippen MR) is 74.5 cm³/mol. The highest BCUT2D eigenvalue weighted by Crippen LogP contribution is 2.16. The number of halogens is 2. The van der Waals surface area contributed by atoms with Crippen molar-refractivity contribution in [2.45, 2.75) is 6.61 Å². The SMILES string of the molecule is O=C(C=Cc1ccc(OC(F)F)cc1)c1ccc(O)cc1. The van der Waals surface area contributed by atoms with Crippen LogP contribution in [0.2, 0.25) is 0 Å². The summed E-state index contributed by atoms with van der Waals surface area (Å²) in [7, 11) is 0. The van der Waals surface area contributed by atoms with Crippen molar-refractivity contribution in [1.82, 2.24) is 0 Å². The van der Waals surface area contributed by atoms with Gasteiger partial charge in [0.2, 0.25) is 0 Å². The lowest BCUT2D eigenvalue weighted by Crippen LogP contribution is -2.01. The van der Waals surface area contributed by atoms with E-state index >= 15 is 0 Å². The van der Waals surface area contributed by atoms with E-state index in [0.29, 0.717) is 11.1 Å². The lowest BCUT2D eigenvalue weighted by molar-refractivity contribution is -0.0498. The van der Waals surface area contributed by atoms with Gasteiger partial charge in [-0.05, 0) is 48.0 Å². The van der Waals surface area contributed by atoms with Gasteiger partial charge in [0.1, 0.15) is 11.5 Å². The van der Waals surface area contributed by atoms with Crippen molar-refractivity contribution in [3.63, 3.8) is 0 Å². The van der Waals surface area contributed by atoms with Crippen molar-refractivity contribution in [3.05, 3.63) is 65.7 Å². The van der Waals surface area contributed by atoms with Crippen LogP contribution >= 0.6 is 0 Å². The molecule has 0 saturated heterocycles. The molecular weight excluding hydrogens is 278 g/mol. The smallest absolute Gasteiger partial charge is 0.387 e. The van der Waals surface area contributed by atoms with Gasteiger partial charge in [0.15, 0.2) is 5.78 Å². The van der Waals surface area contributed by atoms with E-state index in [-0.39, 0.29) is 17.3 Å². The molecule has 21 heavy (non-hydrogen) atoms. The highest BCUT2D eigenvalue weighted by Gasteiger charge is 2.04. The number of rotatable bonds is 5. The third kappa shape index (κ3) is 4.42. The Morgan fingerprint density at radius 2 is 1.67 bits per heavy atom. The molecule has 1 N–H and O–H groups in total. The van der Waals surface area contributed by atoms with Crippen molar-refractivity contribution in [1.29, 1.82) is 0 Å². The first-order valence-corrected chi connectivity index (χ1v) is 6.11. The second-order valence-corrected chi connectivity index (χ2v) is 4.19. The molecule has 0 saturated carbocycles. The topological polar surface area (TPSA) is 46.5 Å². The van der Waals surface area contributed by atoms with Crippen LogP contribution in [-0.4, -0.2) is 17.5 Å². The lowest BCUT2D eigenvalue weighted by Gasteiger charge is -2.03. The summed E-state index contributed by atoms with van der Waals surface area (Å²) in [6.45, 7) is -2.86. The Morgan fingerprint density at radius 1 is 1.05 bits per heavy atom. The number of allylic oxidation sites excluding steroid dienone is 1. The minimum Gasteiger partial charge on any atom is -0.508 e. The van der Waals surface area contributed by atoms with E-state index < -0.39 is 6.61 Å². The number of ketones is 1. The Morgan fingerprint density at radius 3 is 2.24 bits per heavy atom. The summed E-state index contributed by atoms with van der Waals surface area (Å²) in [6.07, 6.45) is 2.94. The molecule has 0 unspecified atom stereocenters. The monoisotopic (exact) mass is 290 g/mol. The van der Waals surface area contributed by atoms with Crippen LogP contribution in [0.25, 0.3) is 6.08 Å². The standard InChI is InChI=1S/C16H12F2O3/c17-16(18)21-14-8-1-11(2-9-14)3-10-15(20)12-4-6-13(19)7-5-12/h1-10,16,19H. The summed E-state index contributed by atoms with van der Waals surface area (Å²) in [4.78, 5) is 11.8. The average Bonchev–Trinajstić information content (AvgIpc) is 2.46. The summed E-state index contributed by atoms with van der Waals surface area (Å²) in [5, 5.41) is 9.14. The predicted octanol–water partition coefficient (Wildman–Crippen LogP) is 3.89. The zero-order valence-electron chi connectivity index (χ0n) is 10.9. The van der Waals surface area contributed by atoms with Gasteiger partial charge in [-0.3, -0.25) is 4.79 Å². The van der Waals surface area contributed by atoms with Gasteiger partial charge in [0.05, 0.1) is 0 Å². The molecule has 0 heterocycles. The molecule has 0 aliphatic carbocycles. The van der Waals surface area contributed by atoms with Crippen molar-refractivity contribution in [2.24, 2.45) is 0 Å². The maximum absolute atomic E-state index is 12.0. The number of alkyl halides is 2. The number of phenolic OH excluding ortho intramolecular Hbond substituents is 1. The van der Waals surface area contributed by atoms with Gasteiger partial charge in [-0.25, -0.2) is 0 Å². The van der Waals surface area contributed by atoms with Crippen LogP contribution in [0.4, 0.5) is 8.78 Å². The Balaban J connectivity index is 2.03. The number of hydrogen-bond acceptors (Lipinski definition) is 3. The molecule has 0 aliphatic rings. The van der Waals surface area contributed by atoms with Crippen LogP contribution in [0.1, 0.15) is 15.9 Å². The Kier molecular flexibility index (Phi) is 4.66. The van der Waals surface area contributed by atoms with Gasteiger partial charge < -0.3 is 9.84 Å². The van der Waals surface area contributed by atoms with Crippen LogP contribution in [0.5, 0.6) is 11.5 Å². The summed E-state index contributed by atoms with van der Waals surface area (Å²) >= 11 is 0. The van der Waals surface area contributed by atoms with Crippen molar-refractivity contribution in [3.8, 4) is 11.5 Å². The van der Waals surface area contributed by atoms with Crippen LogP contribution in [-0.2, 0) is 0 Å². The molecule has 0 radical (unpaired) electrons. The maximum Gasteiger partial charge on any atom is 0.387 e. The highest BCUT2D eigenvalue weighted by atomic mass is 19.3. The molecule has 0 fully saturated rings. The van der Waals surface area contributed by atoms with Crippen LogP contribution in [0.3, 0.4) is 0 Å². The lowest BCUT2D eigenvalue weighted by atomic mass is 10.1. The fourth-order valence-corrected chi connectivity index (χ4v) is 1.65. The van der Waals surface area contributed by atoms with Crippen LogP contribution < -0.4 is 4.74 Å². The van der Waals surface area contributed by atoms with Gasteiger partial charge in [-0.2, -0.15) is 8.78 Å². The first-order valence-electron chi connectivity index (χ1n) is 6.11. The van der Waals surface area contributed by atoms with E-state index in [9.17, 15) is 13.6 Å². The molecule has 2 aromatic rings. The number of hydrogen-bond donors (Lipinski definition) is 1. The number of carbonyl (C=O) groups is 1. The summed E-state index contributed by atoms with van der Waals surface area (Å²) < 4.78 is 28.2. The third-order valence-electron chi connectivity index (χ3n) is 2.68. The van der Waals surface area contributed by atoms with Crippen molar-refractivity contribution < 1.29 is 23.4 Å². The summed E-state index contributed by atoms with van der Waals surface area (Å²) in [5.74, 6) is -0.0694. The molecule has 0 spiro atoms. The molecule has 0 aromatic heterocycles. The van der Waals surface area contributed by atoms with Gasteiger partial charge in [-0.1, -0.05) is 18.2 Å². The zero-order valence-corrected chi connectivity index (χ0v) is 10.9. The summed E-state index contributed by atoms with van der Waals surface area (Å²) in [5.41, 5.74) is 1.13. The van der Waals surface area contributed by atoms with Crippen molar-refractivity contribution >= 4 is 11.9 Å². The first kappa shape index (κ1) is 14.7. The largest absolute Gasteiger partial charge is 0.508 e. The molecule has 0 aliphatic heterocycles. The minimum absolute atomic E-state index is 0.0620. The average molecular weight is 290 g/mol. The maximum atomic E-state index is 12.0. The molecule has 5 heteroatoms. The molecule has 2 rings (SSSR count). The fourth-order valence-electron chi connectivity index (χ4n) is 1.65. The highest BCUT2D eigenvalue weighted by molar-refractivity contribution is 6.06. The molecule has 0 amide bonds. The third-order valence-corrected chi connectivity index (χ3v) is 2.68. The Labute approximate surface area is 120 Å². The number of aromatic hydroxyl groups is 1. The quantitative estimate of drug-likeness (QED) is 0.671. The fraction of sp³-hybridized carbons (Fsp3) is 0.0625. The van der Waals surface area contributed by atoms with Crippen molar-refractivity contribution in [2.75, 3.05) is 0 Å². The number of ether oxygens (including phenoxy) is 1. The van der Waals surface area contributed by atoms with E-state index in [1.807, 2.05) is 0 Å². The van der Waals surface area contributed by atoms with E-state index in [1.54, 1.807) is 18.2 Å². The van der Waals surface area contributed by atoms with E-state index in [1.165, 1.54) is 42.5 Å². The van der Waals surface area contributed by atoms with Gasteiger partial charge in [-0.15, -0.1) is 0 Å². The molecular formula is C16H12F2O3. The number of carbonyl (C=O) groups excluding carboxylic acids is 1. The zero-order chi connectivity index (χ0) is 15.2. The minimum atomic E-state index is -2.86. The van der Waals surface area contributed by atoms with Gasteiger partial charge in [0, 0.05) is 5.56 Å². The molecule has 0 atom stereocenters. The number of phenols is 1. The summed E-state index contributed by atoms with van der Waals surface area (Å²) in [6, 6.07) is 11.8. The first-order chi connectivity index (χ1) is 10.0. The van der Waals surface area contributed by atoms with E-state index in [0.717, 1.165) is 0 Å². The van der Waals surface area contributed by atoms with Gasteiger partial charge >= 0.3 is 6.61 Å². The Bertz CT molecular complexity index is 632. The second kappa shape index (κ2) is 6.65. The normalized spacial score (nSPS) is 11.0. The molecule has 108 valence electrons. The van der Waals surface area contributed by atoms with Crippen LogP contribution in [0.15, 0.2) is 54.6 Å². The number of benzene rings is 2. The second-order valence-electron chi connectivity index (χ2n) is 4.19.